The van der Waals surface area contributed by atoms with Crippen molar-refractivity contribution in [2.45, 2.75) is 30.7 Å². The van der Waals surface area contributed by atoms with E-state index < -0.39 is 35.0 Å². The maximum Gasteiger partial charge on any atom is 0.328 e. The summed E-state index contributed by atoms with van der Waals surface area (Å²) < 4.78 is 32.3. The van der Waals surface area contributed by atoms with Gasteiger partial charge in [0.1, 0.15) is 11.6 Å². The second-order valence-electron chi connectivity index (χ2n) is 5.75. The highest BCUT2D eigenvalue weighted by molar-refractivity contribution is 5.92. The summed E-state index contributed by atoms with van der Waals surface area (Å²) in [7, 11) is 0. The second-order valence-corrected chi connectivity index (χ2v) is 5.75. The van der Waals surface area contributed by atoms with Gasteiger partial charge in [0.05, 0.1) is 18.6 Å². The normalized spacial score (nSPS) is 16.8. The molecule has 1 atom stereocenters. The number of halogens is 2. The maximum atomic E-state index is 14.1. The van der Waals surface area contributed by atoms with Crippen LogP contribution in [-0.2, 0) is 19.7 Å². The van der Waals surface area contributed by atoms with Crippen molar-refractivity contribution in [3.63, 3.8) is 0 Å². The van der Waals surface area contributed by atoms with Crippen LogP contribution >= 0.6 is 0 Å². The monoisotopic (exact) mass is 339 g/mol. The summed E-state index contributed by atoms with van der Waals surface area (Å²) in [6.07, 6.45) is 2.92. The van der Waals surface area contributed by atoms with Gasteiger partial charge < -0.3 is 15.2 Å². The molecule has 1 aromatic carbocycles. The number of ether oxygens (including phenoxy) is 1. The van der Waals surface area contributed by atoms with E-state index in [9.17, 15) is 23.5 Å². The van der Waals surface area contributed by atoms with Crippen molar-refractivity contribution in [1.29, 1.82) is 0 Å². The van der Waals surface area contributed by atoms with Crippen molar-refractivity contribution in [2.75, 3.05) is 13.2 Å². The summed E-state index contributed by atoms with van der Waals surface area (Å²) in [5, 5.41) is 11.6. The minimum Gasteiger partial charge on any atom is -0.480 e. The Labute approximate surface area is 138 Å². The van der Waals surface area contributed by atoms with E-state index >= 15 is 0 Å². The predicted molar refractivity (Wildman–Crippen MR) is 82.5 cm³/mol. The van der Waals surface area contributed by atoms with Crippen LogP contribution in [-0.4, -0.2) is 36.2 Å². The number of amides is 1. The largest absolute Gasteiger partial charge is 0.480 e. The average molecular weight is 339 g/mol. The summed E-state index contributed by atoms with van der Waals surface area (Å²) in [5.41, 5.74) is -1.08. The fourth-order valence-electron chi connectivity index (χ4n) is 2.77. The number of carboxylic acid groups (broad SMARTS) is 1. The van der Waals surface area contributed by atoms with Crippen molar-refractivity contribution >= 4 is 11.9 Å². The molecular weight excluding hydrogens is 320 g/mol. The Morgan fingerprint density at radius 3 is 2.62 bits per heavy atom. The lowest BCUT2D eigenvalue weighted by Gasteiger charge is -2.41. The third kappa shape index (κ3) is 3.62. The molecule has 7 heteroatoms. The predicted octanol–water partition coefficient (Wildman–Crippen LogP) is 2.16. The van der Waals surface area contributed by atoms with E-state index in [1.54, 1.807) is 0 Å². The Bertz CT molecular complexity index is 643. The zero-order chi connectivity index (χ0) is 17.7. The van der Waals surface area contributed by atoms with Crippen LogP contribution in [0.4, 0.5) is 8.78 Å². The molecule has 2 rings (SSSR count). The van der Waals surface area contributed by atoms with Crippen LogP contribution in [0.3, 0.4) is 0 Å². The topological polar surface area (TPSA) is 75.6 Å². The van der Waals surface area contributed by atoms with Crippen LogP contribution in [0.2, 0.25) is 0 Å². The van der Waals surface area contributed by atoms with Gasteiger partial charge in [-0.2, -0.15) is 0 Å². The molecule has 0 radical (unpaired) electrons. The molecule has 0 spiro atoms. The van der Waals surface area contributed by atoms with Gasteiger partial charge in [-0.3, -0.25) is 4.79 Å². The van der Waals surface area contributed by atoms with Crippen LogP contribution in [0.1, 0.15) is 24.8 Å². The fraction of sp³-hybridized carbons (Fsp3) is 0.412. The number of hydrogen-bond acceptors (Lipinski definition) is 3. The molecule has 1 aliphatic carbocycles. The lowest BCUT2D eigenvalue weighted by molar-refractivity contribution is -0.145. The van der Waals surface area contributed by atoms with E-state index in [1.807, 2.05) is 0 Å². The number of carbonyl (C=O) groups excluding carboxylic acids is 1. The Balaban J connectivity index is 2.18. The molecule has 2 N–H and O–H groups in total. The van der Waals surface area contributed by atoms with E-state index in [0.29, 0.717) is 19.3 Å². The summed E-state index contributed by atoms with van der Waals surface area (Å²) in [4.78, 5) is 23.9. The van der Waals surface area contributed by atoms with E-state index in [1.165, 1.54) is 12.1 Å². The van der Waals surface area contributed by atoms with Gasteiger partial charge in [-0.15, -0.1) is 6.58 Å². The van der Waals surface area contributed by atoms with Crippen LogP contribution < -0.4 is 5.32 Å². The summed E-state index contributed by atoms with van der Waals surface area (Å²) in [5.74, 6) is -3.37. The zero-order valence-corrected chi connectivity index (χ0v) is 13.1. The minimum atomic E-state index is -1.25. The molecule has 1 unspecified atom stereocenters. The molecule has 1 amide bonds. The Morgan fingerprint density at radius 2 is 2.12 bits per heavy atom. The maximum absolute atomic E-state index is 14.1. The lowest BCUT2D eigenvalue weighted by atomic mass is 9.63. The molecule has 1 aromatic rings. The highest BCUT2D eigenvalue weighted by atomic mass is 19.1. The van der Waals surface area contributed by atoms with Crippen molar-refractivity contribution in [3.8, 4) is 0 Å². The third-order valence-corrected chi connectivity index (χ3v) is 4.21. The average Bonchev–Trinajstić information content (AvgIpc) is 2.47. The molecule has 0 saturated heterocycles. The minimum absolute atomic E-state index is 0.0869. The van der Waals surface area contributed by atoms with E-state index in [-0.39, 0.29) is 18.8 Å². The highest BCUT2D eigenvalue weighted by Gasteiger charge is 2.48. The molecule has 130 valence electrons. The first-order chi connectivity index (χ1) is 11.4. The molecule has 1 fully saturated rings. The number of benzene rings is 1. The Hall–Kier alpha value is -2.28. The molecule has 0 bridgehead atoms. The standard InChI is InChI=1S/C17H19F2NO4/c1-2-8-24-10-14(15(21)22)20-16(23)17(6-3-7-17)12-5-4-11(18)9-13(12)19/h2,4-5,9,14H,1,3,6-8,10H2,(H,20,23)(H,21,22). The molecule has 0 heterocycles. The molecule has 5 nitrogen and oxygen atoms in total. The number of nitrogens with one attached hydrogen (secondary N) is 1. The number of aliphatic carboxylic acids is 1. The van der Waals surface area contributed by atoms with E-state index in [2.05, 4.69) is 11.9 Å². The van der Waals surface area contributed by atoms with Crippen LogP contribution in [0.5, 0.6) is 0 Å². The second kappa shape index (κ2) is 7.53. The van der Waals surface area contributed by atoms with Crippen molar-refractivity contribution < 1.29 is 28.2 Å². The van der Waals surface area contributed by atoms with Gasteiger partial charge in [-0.25, -0.2) is 13.6 Å². The van der Waals surface area contributed by atoms with E-state index in [4.69, 9.17) is 4.74 Å². The van der Waals surface area contributed by atoms with Gasteiger partial charge in [-0.1, -0.05) is 18.6 Å². The van der Waals surface area contributed by atoms with Crippen LogP contribution in [0.25, 0.3) is 0 Å². The van der Waals surface area contributed by atoms with Crippen molar-refractivity contribution in [1.82, 2.24) is 5.32 Å². The molecule has 0 aliphatic heterocycles. The third-order valence-electron chi connectivity index (χ3n) is 4.21. The molecule has 1 saturated carbocycles. The molecular formula is C17H19F2NO4. The Kier molecular flexibility index (Phi) is 5.66. The Morgan fingerprint density at radius 1 is 1.42 bits per heavy atom. The molecule has 0 aromatic heterocycles. The van der Waals surface area contributed by atoms with E-state index in [0.717, 1.165) is 12.1 Å². The van der Waals surface area contributed by atoms with Gasteiger partial charge in [0.25, 0.3) is 0 Å². The van der Waals surface area contributed by atoms with Gasteiger partial charge in [-0.05, 0) is 18.9 Å². The van der Waals surface area contributed by atoms with Crippen molar-refractivity contribution in [2.24, 2.45) is 0 Å². The van der Waals surface area contributed by atoms with Crippen molar-refractivity contribution in [3.05, 3.63) is 48.1 Å². The highest BCUT2D eigenvalue weighted by Crippen LogP contribution is 2.45. The summed E-state index contributed by atoms with van der Waals surface area (Å²) in [6, 6.07) is 1.81. The first kappa shape index (κ1) is 18.1. The van der Waals surface area contributed by atoms with Gasteiger partial charge >= 0.3 is 5.97 Å². The number of rotatable bonds is 8. The first-order valence-electron chi connectivity index (χ1n) is 7.58. The van der Waals surface area contributed by atoms with Gasteiger partial charge in [0, 0.05) is 11.6 Å². The molecule has 24 heavy (non-hydrogen) atoms. The number of carboxylic acids is 1. The lowest BCUT2D eigenvalue weighted by Crippen LogP contribution is -2.55. The molecule has 1 aliphatic rings. The number of hydrogen-bond donors (Lipinski definition) is 2. The van der Waals surface area contributed by atoms with Gasteiger partial charge in [0.15, 0.2) is 6.04 Å². The fourth-order valence-corrected chi connectivity index (χ4v) is 2.77. The SMILES string of the molecule is C=CCOCC(NC(=O)C1(c2ccc(F)cc2F)CCC1)C(=O)O. The zero-order valence-electron chi connectivity index (χ0n) is 13.1. The van der Waals surface area contributed by atoms with Crippen LogP contribution in [0, 0.1) is 11.6 Å². The number of carbonyl (C=O) groups is 2. The summed E-state index contributed by atoms with van der Waals surface area (Å²) in [6.45, 7) is 3.37. The summed E-state index contributed by atoms with van der Waals surface area (Å²) >= 11 is 0. The first-order valence-corrected chi connectivity index (χ1v) is 7.58. The quantitative estimate of drug-likeness (QED) is 0.562. The smallest absolute Gasteiger partial charge is 0.328 e. The van der Waals surface area contributed by atoms with Gasteiger partial charge in [0.2, 0.25) is 5.91 Å². The van der Waals surface area contributed by atoms with Crippen LogP contribution in [0.15, 0.2) is 30.9 Å².